The predicted molar refractivity (Wildman–Crippen MR) is 114 cm³/mol. The number of thiazole rings is 1. The topological polar surface area (TPSA) is 69.9 Å². The average molecular weight is 466 g/mol. The van der Waals surface area contributed by atoms with Gasteiger partial charge in [0.1, 0.15) is 0 Å². The van der Waals surface area contributed by atoms with E-state index in [1.54, 1.807) is 29.7 Å². The van der Waals surface area contributed by atoms with Crippen LogP contribution in [-0.4, -0.2) is 36.3 Å². The van der Waals surface area contributed by atoms with Crippen LogP contribution in [0.3, 0.4) is 0 Å². The maximum Gasteiger partial charge on any atom is 0.416 e. The zero-order valence-electron chi connectivity index (χ0n) is 17.4. The minimum Gasteiger partial charge on any atom is -0.462 e. The molecule has 1 amide bonds. The fraction of sp³-hybridized carbons (Fsp3) is 0.318. The molecule has 3 aromatic rings. The maximum absolute atomic E-state index is 13.0. The van der Waals surface area contributed by atoms with E-state index in [1.165, 1.54) is 12.1 Å². The molecular weight excluding hydrogens is 445 g/mol. The zero-order valence-corrected chi connectivity index (χ0v) is 18.3. The minimum absolute atomic E-state index is 0.166. The van der Waals surface area contributed by atoms with E-state index in [1.807, 2.05) is 6.92 Å². The van der Waals surface area contributed by atoms with Crippen LogP contribution >= 0.6 is 11.3 Å². The summed E-state index contributed by atoms with van der Waals surface area (Å²) in [4.78, 5) is 29.1. The Morgan fingerprint density at radius 3 is 2.53 bits per heavy atom. The van der Waals surface area contributed by atoms with Crippen molar-refractivity contribution in [2.45, 2.75) is 26.6 Å². The van der Waals surface area contributed by atoms with Crippen LogP contribution in [0.2, 0.25) is 0 Å². The number of amides is 1. The summed E-state index contributed by atoms with van der Waals surface area (Å²) in [5.41, 5.74) is -0.00861. The van der Waals surface area contributed by atoms with Gasteiger partial charge in [-0.25, -0.2) is 4.79 Å². The number of carbonyl (C=O) groups is 2. The van der Waals surface area contributed by atoms with Gasteiger partial charge in [0, 0.05) is 18.7 Å². The number of alkyl halides is 3. The molecule has 6 nitrogen and oxygen atoms in total. The lowest BCUT2D eigenvalue weighted by atomic mass is 10.1. The lowest BCUT2D eigenvalue weighted by Gasteiger charge is -2.07. The van der Waals surface area contributed by atoms with E-state index >= 15 is 0 Å². The van der Waals surface area contributed by atoms with E-state index in [4.69, 9.17) is 9.47 Å². The molecule has 0 aliphatic heterocycles. The smallest absolute Gasteiger partial charge is 0.416 e. The molecule has 0 fully saturated rings. The highest BCUT2D eigenvalue weighted by Gasteiger charge is 2.30. The van der Waals surface area contributed by atoms with Crippen molar-refractivity contribution in [2.75, 3.05) is 19.8 Å². The first-order valence-corrected chi connectivity index (χ1v) is 10.7. The fourth-order valence-electron chi connectivity index (χ4n) is 3.00. The largest absolute Gasteiger partial charge is 0.462 e. The molecule has 1 aromatic heterocycles. The summed E-state index contributed by atoms with van der Waals surface area (Å²) in [6.45, 7) is 5.03. The van der Waals surface area contributed by atoms with Crippen molar-refractivity contribution < 1.29 is 32.2 Å². The predicted octanol–water partition coefficient (Wildman–Crippen LogP) is 4.68. The molecule has 0 aliphatic carbocycles. The van der Waals surface area contributed by atoms with E-state index in [-0.39, 0.29) is 12.2 Å². The summed E-state index contributed by atoms with van der Waals surface area (Å²) in [7, 11) is 0. The third-order valence-corrected chi connectivity index (χ3v) is 5.53. The summed E-state index contributed by atoms with van der Waals surface area (Å²) in [5.74, 6) is -1.26. The van der Waals surface area contributed by atoms with Crippen LogP contribution in [-0.2, 0) is 22.2 Å². The molecule has 0 bridgehead atoms. The summed E-state index contributed by atoms with van der Waals surface area (Å²) < 4.78 is 51.8. The van der Waals surface area contributed by atoms with Crippen LogP contribution < -0.4 is 4.80 Å². The van der Waals surface area contributed by atoms with Crippen LogP contribution in [0.4, 0.5) is 13.2 Å². The van der Waals surface area contributed by atoms with Crippen LogP contribution in [0.5, 0.6) is 0 Å². The highest BCUT2D eigenvalue weighted by Crippen LogP contribution is 2.29. The second kappa shape index (κ2) is 10.1. The van der Waals surface area contributed by atoms with Crippen molar-refractivity contribution in [1.29, 1.82) is 0 Å². The van der Waals surface area contributed by atoms with Gasteiger partial charge in [0.15, 0.2) is 4.80 Å². The number of hydrogen-bond donors (Lipinski definition) is 0. The molecule has 1 heterocycles. The van der Waals surface area contributed by atoms with Crippen LogP contribution in [0.25, 0.3) is 10.2 Å². The summed E-state index contributed by atoms with van der Waals surface area (Å²) in [6, 6.07) is 9.12. The number of esters is 1. The molecule has 0 aliphatic rings. The molecule has 0 saturated heterocycles. The number of halogens is 3. The molecule has 0 N–H and O–H groups in total. The molecule has 0 atom stereocenters. The molecular formula is C22H21F3N2O4S. The molecule has 3 rings (SSSR count). The first-order valence-electron chi connectivity index (χ1n) is 9.89. The molecule has 0 spiro atoms. The number of benzene rings is 2. The molecule has 32 heavy (non-hydrogen) atoms. The minimum atomic E-state index is -4.56. The molecule has 2 aromatic carbocycles. The van der Waals surface area contributed by atoms with Gasteiger partial charge in [0.05, 0.1) is 34.6 Å². The molecule has 10 heteroatoms. The van der Waals surface area contributed by atoms with Crippen LogP contribution in [0.15, 0.2) is 47.5 Å². The lowest BCUT2D eigenvalue weighted by Crippen LogP contribution is -2.20. The van der Waals surface area contributed by atoms with Crippen molar-refractivity contribution in [3.05, 3.63) is 64.0 Å². The Morgan fingerprint density at radius 1 is 1.06 bits per heavy atom. The Hall–Kier alpha value is -2.98. The fourth-order valence-corrected chi connectivity index (χ4v) is 4.09. The van der Waals surface area contributed by atoms with Crippen LogP contribution in [0, 0.1) is 0 Å². The Balaban J connectivity index is 2.06. The zero-order chi connectivity index (χ0) is 23.3. The van der Waals surface area contributed by atoms with Gasteiger partial charge in [-0.15, -0.1) is 0 Å². The number of hydrogen-bond acceptors (Lipinski definition) is 5. The van der Waals surface area contributed by atoms with Gasteiger partial charge in [-0.05, 0) is 50.2 Å². The van der Waals surface area contributed by atoms with E-state index in [2.05, 4.69) is 4.99 Å². The van der Waals surface area contributed by atoms with Gasteiger partial charge in [0.25, 0.3) is 5.91 Å². The number of nitrogens with zero attached hydrogens (tertiary/aromatic N) is 2. The third-order valence-electron chi connectivity index (χ3n) is 4.49. The van der Waals surface area contributed by atoms with Gasteiger partial charge >= 0.3 is 12.1 Å². The number of carbonyl (C=O) groups excluding carboxylic acids is 2. The van der Waals surface area contributed by atoms with E-state index in [0.29, 0.717) is 34.8 Å². The van der Waals surface area contributed by atoms with Gasteiger partial charge in [0.2, 0.25) is 0 Å². The van der Waals surface area contributed by atoms with Crippen molar-refractivity contribution in [1.82, 2.24) is 4.57 Å². The Kier molecular flexibility index (Phi) is 7.47. The summed E-state index contributed by atoms with van der Waals surface area (Å²) in [5, 5.41) is 0. The molecule has 170 valence electrons. The normalized spacial score (nSPS) is 12.3. The summed E-state index contributed by atoms with van der Waals surface area (Å²) >= 11 is 1.15. The first kappa shape index (κ1) is 23.7. The summed E-state index contributed by atoms with van der Waals surface area (Å²) in [6.07, 6.45) is -4.56. The average Bonchev–Trinajstić information content (AvgIpc) is 3.09. The maximum atomic E-state index is 13.0. The van der Waals surface area contributed by atoms with Gasteiger partial charge in [-0.3, -0.25) is 4.79 Å². The van der Waals surface area contributed by atoms with Gasteiger partial charge in [-0.2, -0.15) is 18.2 Å². The second-order valence-corrected chi connectivity index (χ2v) is 7.64. The number of aromatic nitrogens is 1. The van der Waals surface area contributed by atoms with Crippen molar-refractivity contribution in [2.24, 2.45) is 4.99 Å². The van der Waals surface area contributed by atoms with Gasteiger partial charge in [-0.1, -0.05) is 17.4 Å². The number of fused-ring (bicyclic) bond motifs is 1. The van der Waals surface area contributed by atoms with E-state index < -0.39 is 23.6 Å². The van der Waals surface area contributed by atoms with Gasteiger partial charge < -0.3 is 14.0 Å². The monoisotopic (exact) mass is 466 g/mol. The van der Waals surface area contributed by atoms with Crippen LogP contribution in [0.1, 0.15) is 40.1 Å². The van der Waals surface area contributed by atoms with Crippen molar-refractivity contribution in [3.63, 3.8) is 0 Å². The number of ether oxygens (including phenoxy) is 2. The highest BCUT2D eigenvalue weighted by molar-refractivity contribution is 7.16. The van der Waals surface area contributed by atoms with E-state index in [9.17, 15) is 22.8 Å². The highest BCUT2D eigenvalue weighted by atomic mass is 32.1. The standard InChI is InChI=1S/C22H21F3N2O4S/c1-3-30-11-10-27-17-9-8-15(20(29)31-4-2)13-18(17)32-21(27)26-19(28)14-6-5-7-16(12-14)22(23,24)25/h5-9,12-13H,3-4,10-11H2,1-2H3. The molecule has 0 radical (unpaired) electrons. The van der Waals surface area contributed by atoms with E-state index in [0.717, 1.165) is 29.0 Å². The SMILES string of the molecule is CCOCCn1c(=NC(=O)c2cccc(C(F)(F)F)c2)sc2cc(C(=O)OCC)ccc21. The molecule has 0 unspecified atom stereocenters. The lowest BCUT2D eigenvalue weighted by molar-refractivity contribution is -0.137. The quantitative estimate of drug-likeness (QED) is 0.375. The third kappa shape index (κ3) is 5.43. The second-order valence-electron chi connectivity index (χ2n) is 6.63. The first-order chi connectivity index (χ1) is 15.2. The molecule has 0 saturated carbocycles. The van der Waals surface area contributed by atoms with Crippen molar-refractivity contribution in [3.8, 4) is 0 Å². The Bertz CT molecular complexity index is 1200. The van der Waals surface area contributed by atoms with Crippen molar-refractivity contribution >= 4 is 33.4 Å². The Labute approximate surface area is 185 Å². The Morgan fingerprint density at radius 2 is 1.84 bits per heavy atom. The number of rotatable bonds is 7.